The summed E-state index contributed by atoms with van der Waals surface area (Å²) in [7, 11) is 0. The fraction of sp³-hybridized carbons (Fsp3) is 0.467. The molecule has 0 radical (unpaired) electrons. The minimum Gasteiger partial charge on any atom is -0.481 e. The molecule has 0 heterocycles. The fourth-order valence-corrected chi connectivity index (χ4v) is 1.57. The molecule has 0 saturated heterocycles. The van der Waals surface area contributed by atoms with Crippen molar-refractivity contribution >= 4 is 11.8 Å². The van der Waals surface area contributed by atoms with E-state index in [1.54, 1.807) is 12.1 Å². The molecule has 0 aliphatic heterocycles. The first-order chi connectivity index (χ1) is 10.2. The van der Waals surface area contributed by atoms with Crippen molar-refractivity contribution in [1.29, 1.82) is 0 Å². The Hall–Kier alpha value is -2.08. The second-order valence-corrected chi connectivity index (χ2v) is 4.31. The molecule has 0 aromatic heterocycles. The molecular weight excluding hydrogens is 272 g/mol. The smallest absolute Gasteiger partial charge is 0.279 e. The molecule has 21 heavy (non-hydrogen) atoms. The predicted octanol–water partition coefficient (Wildman–Crippen LogP) is 1.42. The van der Waals surface area contributed by atoms with Crippen LogP contribution < -0.4 is 15.6 Å². The van der Waals surface area contributed by atoms with E-state index in [0.29, 0.717) is 25.4 Å². The monoisotopic (exact) mass is 294 g/mol. The van der Waals surface area contributed by atoms with Gasteiger partial charge in [-0.1, -0.05) is 25.1 Å². The average molecular weight is 294 g/mol. The van der Waals surface area contributed by atoms with Crippen LogP contribution in [-0.4, -0.2) is 31.1 Å². The van der Waals surface area contributed by atoms with E-state index in [9.17, 15) is 9.59 Å². The second-order valence-electron chi connectivity index (χ2n) is 4.31. The summed E-state index contributed by atoms with van der Waals surface area (Å²) >= 11 is 0. The maximum Gasteiger partial charge on any atom is 0.279 e. The van der Waals surface area contributed by atoms with Crippen LogP contribution in [0.4, 0.5) is 0 Å². The highest BCUT2D eigenvalue weighted by Gasteiger charge is 2.18. The number of hydrogen-bond donors (Lipinski definition) is 2. The third kappa shape index (κ3) is 6.76. The third-order valence-corrected chi connectivity index (χ3v) is 2.69. The molecule has 0 saturated carbocycles. The number of ether oxygens (including phenoxy) is 2. The van der Waals surface area contributed by atoms with Gasteiger partial charge in [-0.3, -0.25) is 20.4 Å². The summed E-state index contributed by atoms with van der Waals surface area (Å²) in [6.45, 7) is 4.58. The van der Waals surface area contributed by atoms with E-state index in [0.717, 1.165) is 0 Å². The van der Waals surface area contributed by atoms with Gasteiger partial charge in [0, 0.05) is 6.61 Å². The summed E-state index contributed by atoms with van der Waals surface area (Å²) in [6.07, 6.45) is 0.0413. The van der Waals surface area contributed by atoms with Gasteiger partial charge in [-0.2, -0.15) is 0 Å². The molecule has 116 valence electrons. The van der Waals surface area contributed by atoms with Gasteiger partial charge in [0.15, 0.2) is 6.10 Å². The van der Waals surface area contributed by atoms with E-state index >= 15 is 0 Å². The van der Waals surface area contributed by atoms with E-state index in [-0.39, 0.29) is 18.2 Å². The number of hydrogen-bond acceptors (Lipinski definition) is 4. The van der Waals surface area contributed by atoms with E-state index in [4.69, 9.17) is 9.47 Å². The Bertz CT molecular complexity index is 437. The number of carbonyl (C=O) groups excluding carboxylic acids is 2. The quantitative estimate of drug-likeness (QED) is 0.561. The second kappa shape index (κ2) is 9.77. The van der Waals surface area contributed by atoms with Crippen molar-refractivity contribution in [3.8, 4) is 5.75 Å². The first-order valence-electron chi connectivity index (χ1n) is 7.05. The molecule has 0 bridgehead atoms. The van der Waals surface area contributed by atoms with Gasteiger partial charge >= 0.3 is 0 Å². The number of amides is 2. The molecule has 0 fully saturated rings. The SMILES string of the molecule is CCOCCC(=O)NNC(=O)C(CC)Oc1ccccc1. The van der Waals surface area contributed by atoms with Crippen molar-refractivity contribution in [3.63, 3.8) is 0 Å². The minimum atomic E-state index is -0.653. The number of carbonyl (C=O) groups is 2. The average Bonchev–Trinajstić information content (AvgIpc) is 2.51. The lowest BCUT2D eigenvalue weighted by molar-refractivity contribution is -0.133. The Morgan fingerprint density at radius 1 is 1.14 bits per heavy atom. The van der Waals surface area contributed by atoms with Gasteiger partial charge in [-0.15, -0.1) is 0 Å². The zero-order chi connectivity index (χ0) is 15.5. The normalized spacial score (nSPS) is 11.5. The number of nitrogens with one attached hydrogen (secondary N) is 2. The van der Waals surface area contributed by atoms with Crippen molar-refractivity contribution in [1.82, 2.24) is 10.9 Å². The number of benzene rings is 1. The predicted molar refractivity (Wildman–Crippen MR) is 78.5 cm³/mol. The summed E-state index contributed by atoms with van der Waals surface area (Å²) in [6, 6.07) is 9.07. The van der Waals surface area contributed by atoms with Crippen LogP contribution in [0.25, 0.3) is 0 Å². The van der Waals surface area contributed by atoms with Crippen LogP contribution in [0.15, 0.2) is 30.3 Å². The molecule has 1 atom stereocenters. The standard InChI is InChI=1S/C15H22N2O4/c1-3-13(21-12-8-6-5-7-9-12)15(19)17-16-14(18)10-11-20-4-2/h5-9,13H,3-4,10-11H2,1-2H3,(H,16,18)(H,17,19). The highest BCUT2D eigenvalue weighted by molar-refractivity contribution is 5.84. The largest absolute Gasteiger partial charge is 0.481 e. The van der Waals surface area contributed by atoms with Crippen LogP contribution in [-0.2, 0) is 14.3 Å². The lowest BCUT2D eigenvalue weighted by Gasteiger charge is -2.17. The van der Waals surface area contributed by atoms with E-state index in [2.05, 4.69) is 10.9 Å². The van der Waals surface area contributed by atoms with Crippen LogP contribution in [0, 0.1) is 0 Å². The fourth-order valence-electron chi connectivity index (χ4n) is 1.57. The highest BCUT2D eigenvalue weighted by atomic mass is 16.5. The molecule has 1 unspecified atom stereocenters. The first-order valence-corrected chi connectivity index (χ1v) is 7.05. The minimum absolute atomic E-state index is 0.199. The number of rotatable bonds is 8. The van der Waals surface area contributed by atoms with Gasteiger partial charge in [0.05, 0.1) is 13.0 Å². The number of para-hydroxylation sites is 1. The van der Waals surface area contributed by atoms with E-state index in [1.165, 1.54) is 0 Å². The Morgan fingerprint density at radius 2 is 1.86 bits per heavy atom. The summed E-state index contributed by atoms with van der Waals surface area (Å²) in [5.41, 5.74) is 4.71. The van der Waals surface area contributed by atoms with Crippen LogP contribution in [0.3, 0.4) is 0 Å². The van der Waals surface area contributed by atoms with Crippen molar-refractivity contribution in [2.45, 2.75) is 32.8 Å². The summed E-state index contributed by atoms with van der Waals surface area (Å²) in [5.74, 6) is -0.0698. The maximum atomic E-state index is 11.9. The summed E-state index contributed by atoms with van der Waals surface area (Å²) < 4.78 is 10.6. The molecule has 1 aromatic rings. The molecule has 0 aliphatic rings. The molecule has 1 rings (SSSR count). The van der Waals surface area contributed by atoms with Crippen molar-refractivity contribution in [2.24, 2.45) is 0 Å². The molecule has 0 spiro atoms. The molecule has 6 nitrogen and oxygen atoms in total. The van der Waals surface area contributed by atoms with Crippen LogP contribution in [0.5, 0.6) is 5.75 Å². The first kappa shape index (κ1) is 17.0. The number of hydrazine groups is 1. The Balaban J connectivity index is 2.36. The molecule has 1 aromatic carbocycles. The lowest BCUT2D eigenvalue weighted by Crippen LogP contribution is -2.48. The van der Waals surface area contributed by atoms with E-state index in [1.807, 2.05) is 32.0 Å². The molecule has 2 amide bonds. The highest BCUT2D eigenvalue weighted by Crippen LogP contribution is 2.12. The van der Waals surface area contributed by atoms with Gasteiger partial charge in [0.2, 0.25) is 5.91 Å². The summed E-state index contributed by atoms with van der Waals surface area (Å²) in [4.78, 5) is 23.4. The lowest BCUT2D eigenvalue weighted by atomic mass is 10.2. The van der Waals surface area contributed by atoms with Gasteiger partial charge in [-0.25, -0.2) is 0 Å². The van der Waals surface area contributed by atoms with Gasteiger partial charge in [0.25, 0.3) is 5.91 Å². The topological polar surface area (TPSA) is 76.7 Å². The van der Waals surface area contributed by atoms with Crippen molar-refractivity contribution in [3.05, 3.63) is 30.3 Å². The van der Waals surface area contributed by atoms with Crippen LogP contribution in [0.1, 0.15) is 26.7 Å². The van der Waals surface area contributed by atoms with Crippen LogP contribution >= 0.6 is 0 Å². The zero-order valence-corrected chi connectivity index (χ0v) is 12.4. The van der Waals surface area contributed by atoms with E-state index < -0.39 is 6.10 Å². The van der Waals surface area contributed by atoms with Gasteiger partial charge in [-0.05, 0) is 25.5 Å². The van der Waals surface area contributed by atoms with Crippen molar-refractivity contribution in [2.75, 3.05) is 13.2 Å². The molecule has 2 N–H and O–H groups in total. The molecular formula is C15H22N2O4. The van der Waals surface area contributed by atoms with Crippen LogP contribution in [0.2, 0.25) is 0 Å². The zero-order valence-electron chi connectivity index (χ0n) is 12.4. The molecule has 0 aliphatic carbocycles. The van der Waals surface area contributed by atoms with Gasteiger partial charge < -0.3 is 9.47 Å². The third-order valence-electron chi connectivity index (χ3n) is 2.69. The Labute approximate surface area is 124 Å². The Kier molecular flexibility index (Phi) is 7.89. The van der Waals surface area contributed by atoms with Crippen molar-refractivity contribution < 1.29 is 19.1 Å². The Morgan fingerprint density at radius 3 is 2.48 bits per heavy atom. The maximum absolute atomic E-state index is 11.9. The summed E-state index contributed by atoms with van der Waals surface area (Å²) in [5, 5.41) is 0. The molecule has 6 heteroatoms. The van der Waals surface area contributed by atoms with Gasteiger partial charge in [0.1, 0.15) is 5.75 Å².